The second-order valence-electron chi connectivity index (χ2n) is 8.12. The molecule has 0 spiro atoms. The molecule has 2 aromatic carbocycles. The van der Waals surface area contributed by atoms with Gasteiger partial charge in [0.15, 0.2) is 6.10 Å². The van der Waals surface area contributed by atoms with Gasteiger partial charge in [0.05, 0.1) is 5.02 Å². The number of carbonyl (C=O) groups is 1. The highest BCUT2D eigenvalue weighted by atomic mass is 35.5. The second kappa shape index (κ2) is 11.4. The van der Waals surface area contributed by atoms with Gasteiger partial charge >= 0.3 is 0 Å². The predicted octanol–water partition coefficient (Wildman–Crippen LogP) is 5.32. The van der Waals surface area contributed by atoms with Gasteiger partial charge in [-0.1, -0.05) is 67.8 Å². The van der Waals surface area contributed by atoms with Crippen LogP contribution >= 0.6 is 11.6 Å². The van der Waals surface area contributed by atoms with Gasteiger partial charge in [0.25, 0.3) is 5.91 Å². The van der Waals surface area contributed by atoms with E-state index in [1.165, 1.54) is 5.56 Å². The number of carbonyl (C=O) groups excluding carboxylic acids is 1. The highest BCUT2D eigenvalue weighted by Gasteiger charge is 2.29. The SMILES string of the molecule is CCCCCC(Oc1ccc(C)cc1Cl)C(=O)N1CCN(Cc2ccccc2)CC1. The molecule has 1 saturated heterocycles. The van der Waals surface area contributed by atoms with Gasteiger partial charge in [-0.05, 0) is 43.0 Å². The van der Waals surface area contributed by atoms with Crippen LogP contribution in [0, 0.1) is 6.92 Å². The summed E-state index contributed by atoms with van der Waals surface area (Å²) in [6.07, 6.45) is 3.44. The molecule has 0 aromatic heterocycles. The minimum Gasteiger partial charge on any atom is -0.479 e. The third-order valence-electron chi connectivity index (χ3n) is 5.63. The molecule has 0 N–H and O–H groups in total. The first kappa shape index (κ1) is 22.6. The first-order valence-electron chi connectivity index (χ1n) is 11.0. The van der Waals surface area contributed by atoms with Crippen molar-refractivity contribution in [1.82, 2.24) is 9.80 Å². The van der Waals surface area contributed by atoms with Crippen LogP contribution in [0.5, 0.6) is 5.75 Å². The lowest BCUT2D eigenvalue weighted by Gasteiger charge is -2.36. The molecule has 0 aliphatic carbocycles. The van der Waals surface area contributed by atoms with E-state index in [-0.39, 0.29) is 5.91 Å². The number of aryl methyl sites for hydroxylation is 1. The van der Waals surface area contributed by atoms with E-state index in [1.54, 1.807) is 0 Å². The van der Waals surface area contributed by atoms with Crippen LogP contribution in [0.2, 0.25) is 5.02 Å². The van der Waals surface area contributed by atoms with Crippen molar-refractivity contribution >= 4 is 17.5 Å². The summed E-state index contributed by atoms with van der Waals surface area (Å²) in [7, 11) is 0. The average Bonchev–Trinajstić information content (AvgIpc) is 2.75. The Labute approximate surface area is 185 Å². The summed E-state index contributed by atoms with van der Waals surface area (Å²) in [5.41, 5.74) is 2.39. The molecule has 1 unspecified atom stereocenters. The fourth-order valence-corrected chi connectivity index (χ4v) is 4.12. The Morgan fingerprint density at radius 3 is 2.47 bits per heavy atom. The minimum absolute atomic E-state index is 0.0853. The molecule has 4 nitrogen and oxygen atoms in total. The maximum absolute atomic E-state index is 13.3. The molecule has 0 radical (unpaired) electrons. The zero-order valence-corrected chi connectivity index (χ0v) is 18.9. The number of benzene rings is 2. The van der Waals surface area contributed by atoms with Crippen LogP contribution < -0.4 is 4.74 Å². The molecule has 0 bridgehead atoms. The minimum atomic E-state index is -0.475. The number of piperazine rings is 1. The number of rotatable bonds is 9. The molecule has 3 rings (SSSR count). The number of hydrogen-bond acceptors (Lipinski definition) is 3. The van der Waals surface area contributed by atoms with E-state index >= 15 is 0 Å². The van der Waals surface area contributed by atoms with Crippen LogP contribution in [0.15, 0.2) is 48.5 Å². The molecule has 2 aromatic rings. The lowest BCUT2D eigenvalue weighted by molar-refractivity contribution is -0.141. The highest BCUT2D eigenvalue weighted by Crippen LogP contribution is 2.27. The Balaban J connectivity index is 1.59. The molecular formula is C25H33ClN2O2. The molecule has 162 valence electrons. The third kappa shape index (κ3) is 6.48. The summed E-state index contributed by atoms with van der Waals surface area (Å²) < 4.78 is 6.15. The van der Waals surface area contributed by atoms with Gasteiger partial charge in [-0.2, -0.15) is 0 Å². The third-order valence-corrected chi connectivity index (χ3v) is 5.93. The van der Waals surface area contributed by atoms with Crippen molar-refractivity contribution in [2.75, 3.05) is 26.2 Å². The van der Waals surface area contributed by atoms with Crippen molar-refractivity contribution in [3.05, 3.63) is 64.7 Å². The fourth-order valence-electron chi connectivity index (χ4n) is 3.84. The van der Waals surface area contributed by atoms with E-state index in [1.807, 2.05) is 36.1 Å². The zero-order chi connectivity index (χ0) is 21.3. The van der Waals surface area contributed by atoms with Crippen molar-refractivity contribution in [2.45, 2.75) is 52.2 Å². The Morgan fingerprint density at radius 1 is 1.07 bits per heavy atom. The summed E-state index contributed by atoms with van der Waals surface area (Å²) in [4.78, 5) is 17.6. The smallest absolute Gasteiger partial charge is 0.263 e. The van der Waals surface area contributed by atoms with Crippen molar-refractivity contribution in [2.24, 2.45) is 0 Å². The van der Waals surface area contributed by atoms with Gasteiger partial charge in [-0.25, -0.2) is 0 Å². The van der Waals surface area contributed by atoms with Crippen LogP contribution in [0.1, 0.15) is 43.7 Å². The van der Waals surface area contributed by atoms with E-state index in [2.05, 4.69) is 36.1 Å². The summed E-state index contributed by atoms with van der Waals surface area (Å²) >= 11 is 6.36. The first-order valence-corrected chi connectivity index (χ1v) is 11.4. The number of hydrogen-bond donors (Lipinski definition) is 0. The molecule has 0 saturated carbocycles. The van der Waals surface area contributed by atoms with E-state index in [0.717, 1.165) is 64.0 Å². The predicted molar refractivity (Wildman–Crippen MR) is 123 cm³/mol. The summed E-state index contributed by atoms with van der Waals surface area (Å²) in [6, 6.07) is 16.2. The highest BCUT2D eigenvalue weighted by molar-refractivity contribution is 6.32. The molecule has 1 aliphatic heterocycles. The zero-order valence-electron chi connectivity index (χ0n) is 18.1. The number of ether oxygens (including phenoxy) is 1. The molecule has 30 heavy (non-hydrogen) atoms. The summed E-state index contributed by atoms with van der Waals surface area (Å²) in [6.45, 7) is 8.33. The summed E-state index contributed by atoms with van der Waals surface area (Å²) in [5.74, 6) is 0.682. The van der Waals surface area contributed by atoms with E-state index in [9.17, 15) is 4.79 Å². The Hall–Kier alpha value is -2.04. The molecule has 1 fully saturated rings. The van der Waals surface area contributed by atoms with E-state index in [0.29, 0.717) is 10.8 Å². The van der Waals surface area contributed by atoms with Gasteiger partial charge in [-0.15, -0.1) is 0 Å². The lowest BCUT2D eigenvalue weighted by Crippen LogP contribution is -2.52. The first-order chi connectivity index (χ1) is 14.6. The molecule has 1 atom stereocenters. The van der Waals surface area contributed by atoms with Crippen molar-refractivity contribution in [3.8, 4) is 5.75 Å². The quantitative estimate of drug-likeness (QED) is 0.506. The molecule has 5 heteroatoms. The average molecular weight is 429 g/mol. The molecular weight excluding hydrogens is 396 g/mol. The van der Waals surface area contributed by atoms with Gasteiger partial charge in [0.2, 0.25) is 0 Å². The van der Waals surface area contributed by atoms with Gasteiger partial charge < -0.3 is 9.64 Å². The Kier molecular flexibility index (Phi) is 8.59. The second-order valence-corrected chi connectivity index (χ2v) is 8.53. The topological polar surface area (TPSA) is 32.8 Å². The van der Waals surface area contributed by atoms with E-state index in [4.69, 9.17) is 16.3 Å². The van der Waals surface area contributed by atoms with Crippen LogP contribution in [0.4, 0.5) is 0 Å². The lowest BCUT2D eigenvalue weighted by atomic mass is 10.1. The van der Waals surface area contributed by atoms with Crippen LogP contribution in [-0.2, 0) is 11.3 Å². The fraction of sp³-hybridized carbons (Fsp3) is 0.480. The maximum Gasteiger partial charge on any atom is 0.263 e. The normalized spacial score (nSPS) is 15.8. The van der Waals surface area contributed by atoms with Crippen molar-refractivity contribution < 1.29 is 9.53 Å². The van der Waals surface area contributed by atoms with E-state index < -0.39 is 6.10 Å². The Bertz CT molecular complexity index is 804. The number of nitrogens with zero attached hydrogens (tertiary/aromatic N) is 2. The molecule has 1 heterocycles. The van der Waals surface area contributed by atoms with Crippen molar-refractivity contribution in [1.29, 1.82) is 0 Å². The number of halogens is 1. The standard InChI is InChI=1S/C25H33ClN2O2/c1-3-4-6-11-24(30-23-13-12-20(2)18-22(23)26)25(29)28-16-14-27(15-17-28)19-21-9-7-5-8-10-21/h5,7-10,12-13,18,24H,3-4,6,11,14-17,19H2,1-2H3. The number of amides is 1. The Morgan fingerprint density at radius 2 is 1.80 bits per heavy atom. The summed E-state index contributed by atoms with van der Waals surface area (Å²) in [5, 5.41) is 0.566. The monoisotopic (exact) mass is 428 g/mol. The van der Waals surface area contributed by atoms with Gasteiger partial charge in [-0.3, -0.25) is 9.69 Å². The van der Waals surface area contributed by atoms with Crippen LogP contribution in [-0.4, -0.2) is 48.0 Å². The molecule has 1 amide bonds. The number of unbranched alkanes of at least 4 members (excludes halogenated alkanes) is 2. The van der Waals surface area contributed by atoms with Gasteiger partial charge in [0.1, 0.15) is 5.75 Å². The van der Waals surface area contributed by atoms with Crippen molar-refractivity contribution in [3.63, 3.8) is 0 Å². The van der Waals surface area contributed by atoms with Gasteiger partial charge in [0, 0.05) is 32.7 Å². The maximum atomic E-state index is 13.3. The van der Waals surface area contributed by atoms with Crippen LogP contribution in [0.3, 0.4) is 0 Å². The largest absolute Gasteiger partial charge is 0.479 e. The molecule has 1 aliphatic rings. The van der Waals surface area contributed by atoms with Crippen LogP contribution in [0.25, 0.3) is 0 Å².